The zero-order valence-corrected chi connectivity index (χ0v) is 5.96. The van der Waals surface area contributed by atoms with Gasteiger partial charge in [-0.05, 0) is 25.0 Å². The molecule has 0 spiro atoms. The molecule has 48 valence electrons. The van der Waals surface area contributed by atoms with Crippen molar-refractivity contribution in [2.75, 3.05) is 7.05 Å². The summed E-state index contributed by atoms with van der Waals surface area (Å²) in [7, 11) is 2.04. The fourth-order valence-corrected chi connectivity index (χ4v) is 0.894. The summed E-state index contributed by atoms with van der Waals surface area (Å²) in [5.41, 5.74) is 1.41. The lowest BCUT2D eigenvalue weighted by Gasteiger charge is -1.86. The fraction of sp³-hybridized carbons (Fsp3) is 0.375. The Morgan fingerprint density at radius 3 is 3.11 bits per heavy atom. The molecule has 0 radical (unpaired) electrons. The van der Waals surface area contributed by atoms with Crippen LogP contribution in [0.2, 0.25) is 0 Å². The molecule has 0 fully saturated rings. The van der Waals surface area contributed by atoms with E-state index in [4.69, 9.17) is 0 Å². The van der Waals surface area contributed by atoms with Crippen LogP contribution in [0.3, 0.4) is 0 Å². The molecule has 1 heterocycles. The first kappa shape index (κ1) is 6.27. The van der Waals surface area contributed by atoms with Crippen molar-refractivity contribution in [3.05, 3.63) is 23.9 Å². The van der Waals surface area contributed by atoms with Crippen molar-refractivity contribution in [3.8, 4) is 0 Å². The summed E-state index contributed by atoms with van der Waals surface area (Å²) in [5, 5.41) is 0. The van der Waals surface area contributed by atoms with Gasteiger partial charge in [0.15, 0.2) is 12.4 Å². The summed E-state index contributed by atoms with van der Waals surface area (Å²) in [6.45, 7) is 2.14. The molecule has 0 unspecified atom stereocenters. The van der Waals surface area contributed by atoms with Crippen molar-refractivity contribution in [2.24, 2.45) is 0 Å². The standard InChI is InChI=1S/C8H12N/c1-8-5-3-4-6-9(2)7-8/h3-4,6-7H,5H2,1-2H3/q+1. The van der Waals surface area contributed by atoms with Crippen molar-refractivity contribution in [2.45, 2.75) is 13.3 Å². The van der Waals surface area contributed by atoms with Gasteiger partial charge in [-0.3, -0.25) is 0 Å². The highest BCUT2D eigenvalue weighted by molar-refractivity contribution is 5.66. The largest absolute Gasteiger partial charge is 0.208 e. The first-order valence-corrected chi connectivity index (χ1v) is 3.18. The van der Waals surface area contributed by atoms with Crippen LogP contribution in [0.15, 0.2) is 23.9 Å². The number of hydrogen-bond acceptors (Lipinski definition) is 0. The third kappa shape index (κ3) is 1.84. The lowest BCUT2D eigenvalue weighted by atomic mass is 10.2. The molecule has 1 aliphatic heterocycles. The second kappa shape index (κ2) is 2.62. The van der Waals surface area contributed by atoms with Gasteiger partial charge in [-0.2, -0.15) is 0 Å². The fourth-order valence-electron chi connectivity index (χ4n) is 0.894. The normalized spacial score (nSPS) is 18.4. The van der Waals surface area contributed by atoms with E-state index in [1.54, 1.807) is 0 Å². The summed E-state index contributed by atoms with van der Waals surface area (Å²) in [4.78, 5) is 0. The Hall–Kier alpha value is -0.850. The van der Waals surface area contributed by atoms with Crippen LogP contribution in [-0.2, 0) is 0 Å². The molecule has 0 atom stereocenters. The Morgan fingerprint density at radius 1 is 1.56 bits per heavy atom. The Kier molecular flexibility index (Phi) is 1.83. The molecule has 0 aromatic heterocycles. The maximum Gasteiger partial charge on any atom is 0.168 e. The van der Waals surface area contributed by atoms with E-state index >= 15 is 0 Å². The summed E-state index contributed by atoms with van der Waals surface area (Å²) < 4.78 is 2.07. The van der Waals surface area contributed by atoms with Crippen molar-refractivity contribution in [3.63, 3.8) is 0 Å². The van der Waals surface area contributed by atoms with Crippen molar-refractivity contribution in [1.82, 2.24) is 0 Å². The van der Waals surface area contributed by atoms with Gasteiger partial charge >= 0.3 is 0 Å². The molecule has 0 saturated carbocycles. The van der Waals surface area contributed by atoms with Crippen LogP contribution in [0.1, 0.15) is 13.3 Å². The predicted molar refractivity (Wildman–Crippen MR) is 39.8 cm³/mol. The molecule has 1 aliphatic rings. The molecule has 0 saturated heterocycles. The lowest BCUT2D eigenvalue weighted by Crippen LogP contribution is -1.94. The molecule has 0 bridgehead atoms. The smallest absolute Gasteiger partial charge is 0.168 e. The van der Waals surface area contributed by atoms with Crippen LogP contribution < -0.4 is 0 Å². The first-order valence-electron chi connectivity index (χ1n) is 3.18. The maximum atomic E-state index is 2.16. The van der Waals surface area contributed by atoms with E-state index < -0.39 is 0 Å². The molecule has 0 aromatic carbocycles. The Bertz CT molecular complexity index is 185. The molecule has 1 heteroatoms. The van der Waals surface area contributed by atoms with Gasteiger partial charge < -0.3 is 0 Å². The van der Waals surface area contributed by atoms with Gasteiger partial charge in [0, 0.05) is 0 Å². The number of rotatable bonds is 0. The summed E-state index contributed by atoms with van der Waals surface area (Å²) in [5.74, 6) is 0. The summed E-state index contributed by atoms with van der Waals surface area (Å²) >= 11 is 0. The van der Waals surface area contributed by atoms with Gasteiger partial charge in [0.05, 0.1) is 0 Å². The second-order valence-corrected chi connectivity index (χ2v) is 2.42. The average Bonchev–Trinajstić information content (AvgIpc) is 1.93. The van der Waals surface area contributed by atoms with Gasteiger partial charge in [0.1, 0.15) is 7.05 Å². The minimum atomic E-state index is 1.08. The van der Waals surface area contributed by atoms with E-state index in [1.807, 2.05) is 7.05 Å². The molecular weight excluding hydrogens is 110 g/mol. The van der Waals surface area contributed by atoms with Gasteiger partial charge in [0.2, 0.25) is 0 Å². The average molecular weight is 122 g/mol. The van der Waals surface area contributed by atoms with E-state index in [2.05, 4.69) is 36.1 Å². The van der Waals surface area contributed by atoms with Gasteiger partial charge in [-0.25, -0.2) is 4.58 Å². The monoisotopic (exact) mass is 122 g/mol. The molecule has 0 amide bonds. The van der Waals surface area contributed by atoms with Crippen LogP contribution in [0, 0.1) is 0 Å². The van der Waals surface area contributed by atoms with Crippen LogP contribution in [0.4, 0.5) is 0 Å². The van der Waals surface area contributed by atoms with Crippen molar-refractivity contribution >= 4 is 6.21 Å². The highest BCUT2D eigenvalue weighted by atomic mass is 14.9. The maximum absolute atomic E-state index is 2.16. The van der Waals surface area contributed by atoms with E-state index in [0.717, 1.165) is 6.42 Å². The molecule has 0 N–H and O–H groups in total. The molecule has 1 nitrogen and oxygen atoms in total. The highest BCUT2D eigenvalue weighted by Crippen LogP contribution is 2.01. The first-order chi connectivity index (χ1) is 4.29. The van der Waals surface area contributed by atoms with Crippen LogP contribution in [0.5, 0.6) is 0 Å². The van der Waals surface area contributed by atoms with E-state index in [1.165, 1.54) is 5.57 Å². The third-order valence-electron chi connectivity index (χ3n) is 1.32. The second-order valence-electron chi connectivity index (χ2n) is 2.42. The van der Waals surface area contributed by atoms with E-state index in [0.29, 0.717) is 0 Å². The molecule has 1 rings (SSSR count). The van der Waals surface area contributed by atoms with Crippen molar-refractivity contribution in [1.29, 1.82) is 0 Å². The number of allylic oxidation sites excluding steroid dienone is 3. The number of nitrogens with zero attached hydrogens (tertiary/aromatic N) is 1. The SMILES string of the molecule is CC1=C[N+](C)=CC=CC1. The predicted octanol–water partition coefficient (Wildman–Crippen LogP) is 1.56. The van der Waals surface area contributed by atoms with Crippen molar-refractivity contribution < 1.29 is 4.58 Å². The van der Waals surface area contributed by atoms with Gasteiger partial charge in [-0.15, -0.1) is 0 Å². The van der Waals surface area contributed by atoms with Crippen LogP contribution in [-0.4, -0.2) is 17.8 Å². The zero-order chi connectivity index (χ0) is 6.69. The lowest BCUT2D eigenvalue weighted by molar-refractivity contribution is -0.416. The third-order valence-corrected chi connectivity index (χ3v) is 1.32. The molecular formula is C8H12N+. The molecule has 0 aromatic rings. The Labute approximate surface area is 56.0 Å². The Morgan fingerprint density at radius 2 is 2.33 bits per heavy atom. The number of hydrogen-bond donors (Lipinski definition) is 0. The topological polar surface area (TPSA) is 3.01 Å². The summed E-state index contributed by atoms with van der Waals surface area (Å²) in [6.07, 6.45) is 9.51. The zero-order valence-electron chi connectivity index (χ0n) is 5.96. The summed E-state index contributed by atoms with van der Waals surface area (Å²) in [6, 6.07) is 0. The minimum absolute atomic E-state index is 1.08. The molecule has 9 heavy (non-hydrogen) atoms. The molecule has 0 aliphatic carbocycles. The quantitative estimate of drug-likeness (QED) is 0.429. The van der Waals surface area contributed by atoms with Crippen LogP contribution in [0.25, 0.3) is 0 Å². The van der Waals surface area contributed by atoms with Gasteiger partial charge in [0.25, 0.3) is 0 Å². The van der Waals surface area contributed by atoms with E-state index in [-0.39, 0.29) is 0 Å². The minimum Gasteiger partial charge on any atom is -0.208 e. The van der Waals surface area contributed by atoms with Crippen LogP contribution >= 0.6 is 0 Å². The van der Waals surface area contributed by atoms with E-state index in [9.17, 15) is 0 Å². The van der Waals surface area contributed by atoms with Gasteiger partial charge in [-0.1, -0.05) is 6.08 Å². The Balaban J connectivity index is 2.82. The highest BCUT2D eigenvalue weighted by Gasteiger charge is 1.94.